The van der Waals surface area contributed by atoms with Gasteiger partial charge in [0, 0.05) is 14.5 Å². The maximum absolute atomic E-state index is 4.68. The van der Waals surface area contributed by atoms with Crippen LogP contribution in [0.15, 0.2) is 52.4 Å². The molecule has 98 valence electrons. The van der Waals surface area contributed by atoms with E-state index in [0.717, 1.165) is 15.6 Å². The second kappa shape index (κ2) is 5.05. The lowest BCUT2D eigenvalue weighted by Crippen LogP contribution is -1.87. The van der Waals surface area contributed by atoms with Gasteiger partial charge in [0.1, 0.15) is 5.01 Å². The molecule has 0 bridgehead atoms. The average Bonchev–Trinajstić information content (AvgIpc) is 3.00. The average molecular weight is 408 g/mol. The molecule has 1 aliphatic rings. The highest BCUT2D eigenvalue weighted by atomic mass is 127. The van der Waals surface area contributed by atoms with Crippen LogP contribution in [-0.4, -0.2) is 4.98 Å². The van der Waals surface area contributed by atoms with E-state index < -0.39 is 0 Å². The highest BCUT2D eigenvalue weighted by Gasteiger charge is 2.15. The predicted molar refractivity (Wildman–Crippen MR) is 96.2 cm³/mol. The maximum atomic E-state index is 4.68. The minimum atomic E-state index is 1.05. The molecule has 0 fully saturated rings. The number of thiazole rings is 1. The third kappa shape index (κ3) is 2.34. The van der Waals surface area contributed by atoms with Crippen LogP contribution < -0.4 is 5.32 Å². The Morgan fingerprint density at radius 3 is 2.95 bits per heavy atom. The van der Waals surface area contributed by atoms with Crippen molar-refractivity contribution in [3.63, 3.8) is 0 Å². The van der Waals surface area contributed by atoms with E-state index in [4.69, 9.17) is 0 Å². The van der Waals surface area contributed by atoms with Gasteiger partial charge in [-0.3, -0.25) is 0 Å². The molecule has 0 amide bonds. The molecule has 0 aliphatic carbocycles. The summed E-state index contributed by atoms with van der Waals surface area (Å²) < 4.78 is 2.46. The van der Waals surface area contributed by atoms with Crippen LogP contribution in [0.25, 0.3) is 16.3 Å². The molecule has 20 heavy (non-hydrogen) atoms. The van der Waals surface area contributed by atoms with E-state index in [2.05, 4.69) is 81.4 Å². The first-order valence-electron chi connectivity index (χ1n) is 6.10. The third-order valence-corrected chi connectivity index (χ3v) is 5.66. The molecule has 4 rings (SSSR count). The predicted octanol–water partition coefficient (Wildman–Crippen LogP) is 5.42. The summed E-state index contributed by atoms with van der Waals surface area (Å²) in [5.41, 5.74) is 2.26. The molecule has 0 unspecified atom stereocenters. The standard InChI is InChI=1S/C15H9IN2S2/c16-9-5-6-13-11(7-9)18-15(20-13)8-14-17-10-3-1-2-4-12(10)19-14/h1-8,17H/b14-8-. The van der Waals surface area contributed by atoms with Crippen molar-refractivity contribution in [2.45, 2.75) is 4.90 Å². The molecule has 3 aromatic rings. The highest BCUT2D eigenvalue weighted by Crippen LogP contribution is 2.41. The molecule has 0 saturated carbocycles. The molecule has 2 aromatic carbocycles. The van der Waals surface area contributed by atoms with Crippen LogP contribution in [0, 0.1) is 3.57 Å². The first-order chi connectivity index (χ1) is 9.78. The lowest BCUT2D eigenvalue weighted by atomic mass is 10.3. The zero-order chi connectivity index (χ0) is 13.5. The van der Waals surface area contributed by atoms with Crippen molar-refractivity contribution in [1.29, 1.82) is 0 Å². The number of rotatable bonds is 1. The number of fused-ring (bicyclic) bond motifs is 2. The second-order valence-corrected chi connectivity index (χ2v) is 7.79. The summed E-state index contributed by atoms with van der Waals surface area (Å²) in [5, 5.41) is 5.61. The number of nitrogens with zero attached hydrogens (tertiary/aromatic N) is 1. The van der Waals surface area contributed by atoms with E-state index in [1.807, 2.05) is 0 Å². The summed E-state index contributed by atoms with van der Waals surface area (Å²) in [5.74, 6) is 0. The molecule has 0 atom stereocenters. The van der Waals surface area contributed by atoms with Crippen LogP contribution in [0.4, 0.5) is 5.69 Å². The van der Waals surface area contributed by atoms with Gasteiger partial charge in [-0.25, -0.2) is 4.98 Å². The monoisotopic (exact) mass is 408 g/mol. The topological polar surface area (TPSA) is 24.9 Å². The smallest absolute Gasteiger partial charge is 0.119 e. The Morgan fingerprint density at radius 2 is 2.05 bits per heavy atom. The van der Waals surface area contributed by atoms with E-state index in [0.29, 0.717) is 0 Å². The van der Waals surface area contributed by atoms with Crippen molar-refractivity contribution in [2.24, 2.45) is 0 Å². The number of halogens is 1. The summed E-state index contributed by atoms with van der Waals surface area (Å²) in [7, 11) is 0. The minimum Gasteiger partial charge on any atom is -0.349 e. The van der Waals surface area contributed by atoms with Crippen LogP contribution in [0.1, 0.15) is 5.01 Å². The quantitative estimate of drug-likeness (QED) is 0.545. The van der Waals surface area contributed by atoms with Crippen LogP contribution in [0.2, 0.25) is 0 Å². The fourth-order valence-corrected chi connectivity index (χ4v) is 4.48. The first kappa shape index (κ1) is 12.7. The summed E-state index contributed by atoms with van der Waals surface area (Å²) in [6.07, 6.45) is 2.13. The number of hydrogen-bond donors (Lipinski definition) is 1. The molecule has 1 N–H and O–H groups in total. The van der Waals surface area contributed by atoms with Crippen LogP contribution >= 0.6 is 45.7 Å². The Bertz CT molecular complexity index is 812. The summed E-state index contributed by atoms with van der Waals surface area (Å²) in [6.45, 7) is 0. The fraction of sp³-hybridized carbons (Fsp3) is 0. The maximum Gasteiger partial charge on any atom is 0.119 e. The van der Waals surface area contributed by atoms with Crippen LogP contribution in [-0.2, 0) is 0 Å². The van der Waals surface area contributed by atoms with Gasteiger partial charge in [0.15, 0.2) is 0 Å². The van der Waals surface area contributed by atoms with Gasteiger partial charge in [-0.15, -0.1) is 11.3 Å². The number of para-hydroxylation sites is 1. The van der Waals surface area contributed by atoms with E-state index in [1.54, 1.807) is 23.1 Å². The summed E-state index contributed by atoms with van der Waals surface area (Å²) in [6, 6.07) is 14.7. The van der Waals surface area contributed by atoms with Gasteiger partial charge >= 0.3 is 0 Å². The molecular formula is C15H9IN2S2. The molecule has 0 spiro atoms. The molecule has 2 nitrogen and oxygen atoms in total. The van der Waals surface area contributed by atoms with Crippen molar-refractivity contribution < 1.29 is 0 Å². The zero-order valence-corrected chi connectivity index (χ0v) is 14.1. The summed E-state index contributed by atoms with van der Waals surface area (Å²) in [4.78, 5) is 5.96. The number of thioether (sulfide) groups is 1. The van der Waals surface area contributed by atoms with Crippen molar-refractivity contribution in [3.05, 3.63) is 56.1 Å². The van der Waals surface area contributed by atoms with Gasteiger partial charge in [-0.05, 0) is 52.9 Å². The molecule has 0 saturated heterocycles. The fourth-order valence-electron chi connectivity index (χ4n) is 2.09. The number of nitrogens with one attached hydrogen (secondary N) is 1. The molecule has 0 radical (unpaired) electrons. The minimum absolute atomic E-state index is 1.05. The van der Waals surface area contributed by atoms with Crippen molar-refractivity contribution in [2.75, 3.05) is 5.32 Å². The third-order valence-electron chi connectivity index (χ3n) is 2.99. The number of aromatic nitrogens is 1. The molecule has 2 heterocycles. The number of anilines is 1. The molecule has 1 aromatic heterocycles. The van der Waals surface area contributed by atoms with Gasteiger partial charge in [0.25, 0.3) is 0 Å². The first-order valence-corrected chi connectivity index (χ1v) is 8.81. The molecule has 5 heteroatoms. The Hall–Kier alpha value is -1.05. The van der Waals surface area contributed by atoms with E-state index in [1.165, 1.54) is 18.9 Å². The lowest BCUT2D eigenvalue weighted by molar-refractivity contribution is 1.44. The van der Waals surface area contributed by atoms with Crippen LogP contribution in [0.5, 0.6) is 0 Å². The van der Waals surface area contributed by atoms with Crippen LogP contribution in [0.3, 0.4) is 0 Å². The normalized spacial score (nSPS) is 15.6. The highest BCUT2D eigenvalue weighted by molar-refractivity contribution is 14.1. The Kier molecular flexibility index (Phi) is 3.20. The Balaban J connectivity index is 1.70. The second-order valence-electron chi connectivity index (χ2n) is 4.40. The number of benzene rings is 2. The largest absolute Gasteiger partial charge is 0.349 e. The van der Waals surface area contributed by atoms with E-state index >= 15 is 0 Å². The molecular weight excluding hydrogens is 399 g/mol. The number of hydrogen-bond acceptors (Lipinski definition) is 4. The zero-order valence-electron chi connectivity index (χ0n) is 10.3. The van der Waals surface area contributed by atoms with Crippen molar-refractivity contribution in [3.8, 4) is 0 Å². The Labute approximate surface area is 138 Å². The van der Waals surface area contributed by atoms with Gasteiger partial charge in [-0.1, -0.05) is 23.9 Å². The van der Waals surface area contributed by atoms with E-state index in [9.17, 15) is 0 Å². The van der Waals surface area contributed by atoms with Gasteiger partial charge < -0.3 is 5.32 Å². The Morgan fingerprint density at radius 1 is 1.15 bits per heavy atom. The van der Waals surface area contributed by atoms with Crippen molar-refractivity contribution >= 4 is 67.7 Å². The van der Waals surface area contributed by atoms with Gasteiger partial charge in [0.2, 0.25) is 0 Å². The SMILES string of the molecule is Ic1ccc2sc(/C=C3/Nc4ccccc4S3)nc2c1. The van der Waals surface area contributed by atoms with E-state index in [-0.39, 0.29) is 0 Å². The summed E-state index contributed by atoms with van der Waals surface area (Å²) >= 11 is 5.81. The van der Waals surface area contributed by atoms with Gasteiger partial charge in [-0.2, -0.15) is 0 Å². The molecule has 1 aliphatic heterocycles. The van der Waals surface area contributed by atoms with Gasteiger partial charge in [0.05, 0.1) is 20.9 Å². The lowest BCUT2D eigenvalue weighted by Gasteiger charge is -1.95. The van der Waals surface area contributed by atoms with Crippen molar-refractivity contribution in [1.82, 2.24) is 4.98 Å².